The van der Waals surface area contributed by atoms with Crippen molar-refractivity contribution < 1.29 is 14.3 Å². The summed E-state index contributed by atoms with van der Waals surface area (Å²) >= 11 is 0. The summed E-state index contributed by atoms with van der Waals surface area (Å²) in [6, 6.07) is 5.80. The Kier molecular flexibility index (Phi) is 7.68. The summed E-state index contributed by atoms with van der Waals surface area (Å²) in [5.74, 6) is 4.65. The minimum atomic E-state index is -0.242. The van der Waals surface area contributed by atoms with Crippen LogP contribution < -0.4 is 16.0 Å². The summed E-state index contributed by atoms with van der Waals surface area (Å²) < 4.78 is 7.08. The van der Waals surface area contributed by atoms with Gasteiger partial charge in [0.1, 0.15) is 12.1 Å². The zero-order chi connectivity index (χ0) is 30.0. The lowest BCUT2D eigenvalue weighted by Crippen LogP contribution is -2.58. The van der Waals surface area contributed by atoms with E-state index in [1.165, 1.54) is 51.4 Å². The van der Waals surface area contributed by atoms with Gasteiger partial charge in [-0.2, -0.15) is 0 Å². The highest BCUT2D eigenvalue weighted by Gasteiger charge is 2.68. The second-order valence-electron chi connectivity index (χ2n) is 16.1. The van der Waals surface area contributed by atoms with Gasteiger partial charge in [-0.1, -0.05) is 33.8 Å². The van der Waals surface area contributed by atoms with Crippen molar-refractivity contribution in [3.8, 4) is 0 Å². The van der Waals surface area contributed by atoms with Crippen molar-refractivity contribution in [3.63, 3.8) is 0 Å². The van der Waals surface area contributed by atoms with Crippen molar-refractivity contribution >= 4 is 11.8 Å². The molecule has 43 heavy (non-hydrogen) atoms. The minimum absolute atomic E-state index is 0.0844. The van der Waals surface area contributed by atoms with Crippen molar-refractivity contribution in [2.75, 3.05) is 6.54 Å². The molecule has 3 heterocycles. The van der Waals surface area contributed by atoms with Crippen LogP contribution in [-0.2, 0) is 20.9 Å². The van der Waals surface area contributed by atoms with Crippen molar-refractivity contribution in [1.29, 1.82) is 0 Å². The Bertz CT molecular complexity index is 1200. The molecule has 0 unspecified atom stereocenters. The van der Waals surface area contributed by atoms with E-state index in [1.54, 1.807) is 6.20 Å². The Labute approximate surface area is 258 Å². The predicted octanol–water partition coefficient (Wildman–Crippen LogP) is 5.59. The summed E-state index contributed by atoms with van der Waals surface area (Å²) in [7, 11) is 0. The molecule has 1 aromatic rings. The first kappa shape index (κ1) is 29.7. The number of carbonyl (C=O) groups is 2. The summed E-state index contributed by atoms with van der Waals surface area (Å²) in [5, 5.41) is 9.97. The van der Waals surface area contributed by atoms with Gasteiger partial charge in [-0.15, -0.1) is 0 Å². The third-order valence-electron chi connectivity index (χ3n) is 14.0. The van der Waals surface area contributed by atoms with Crippen LogP contribution in [0.2, 0.25) is 0 Å². The first-order chi connectivity index (χ1) is 20.6. The Morgan fingerprint density at radius 3 is 2.58 bits per heavy atom. The van der Waals surface area contributed by atoms with Crippen molar-refractivity contribution in [2.24, 2.45) is 52.3 Å². The van der Waals surface area contributed by atoms with E-state index < -0.39 is 0 Å². The molecule has 2 aliphatic heterocycles. The highest BCUT2D eigenvalue weighted by molar-refractivity contribution is 5.96. The summed E-state index contributed by atoms with van der Waals surface area (Å²) in [5.41, 5.74) is 1.46. The van der Waals surface area contributed by atoms with E-state index in [9.17, 15) is 9.59 Å². The average molecular weight is 591 g/mol. The largest absolute Gasteiger partial charge is 0.357 e. The molecule has 7 rings (SSSR count). The normalized spacial score (nSPS) is 46.7. The number of nitrogens with zero attached hydrogens (tertiary/aromatic N) is 1. The fourth-order valence-corrected chi connectivity index (χ4v) is 11.8. The van der Waals surface area contributed by atoms with E-state index in [4.69, 9.17) is 4.74 Å². The minimum Gasteiger partial charge on any atom is -0.357 e. The van der Waals surface area contributed by atoms with Crippen LogP contribution >= 0.6 is 0 Å². The number of carbonyl (C=O) groups excluding carboxylic acids is 2. The maximum atomic E-state index is 12.8. The predicted molar refractivity (Wildman–Crippen MR) is 166 cm³/mol. The Morgan fingerprint density at radius 2 is 1.81 bits per heavy atom. The second-order valence-corrected chi connectivity index (χ2v) is 16.1. The highest BCUT2D eigenvalue weighted by atomic mass is 16.5. The summed E-state index contributed by atoms with van der Waals surface area (Å²) in [6.45, 7) is 11.6. The molecule has 2 saturated heterocycles. The Morgan fingerprint density at radius 1 is 0.977 bits per heavy atom. The Hall–Kier alpha value is -1.99. The van der Waals surface area contributed by atoms with Crippen LogP contribution in [0, 0.1) is 52.3 Å². The molecular formula is C36H54N4O3. The van der Waals surface area contributed by atoms with Crippen molar-refractivity contribution in [2.45, 2.75) is 123 Å². The molecule has 236 valence electrons. The number of ether oxygens (including phenoxy) is 1. The van der Waals surface area contributed by atoms with Crippen LogP contribution in [0.15, 0.2) is 24.4 Å². The third-order valence-corrected chi connectivity index (χ3v) is 14.0. The molecule has 6 fully saturated rings. The molecule has 3 N–H and O–H groups in total. The summed E-state index contributed by atoms with van der Waals surface area (Å²) in [6.07, 6.45) is 14.3. The molecule has 0 radical (unpaired) electrons. The first-order valence-electron chi connectivity index (χ1n) is 17.5. The molecular weight excluding hydrogens is 536 g/mol. The van der Waals surface area contributed by atoms with Gasteiger partial charge in [-0.05, 0) is 123 Å². The molecule has 4 aliphatic carbocycles. The zero-order valence-electron chi connectivity index (χ0n) is 26.9. The quantitative estimate of drug-likeness (QED) is 0.389. The molecule has 7 heteroatoms. The van der Waals surface area contributed by atoms with Gasteiger partial charge >= 0.3 is 0 Å². The molecule has 6 aliphatic rings. The van der Waals surface area contributed by atoms with Crippen LogP contribution in [0.3, 0.4) is 0 Å². The number of amides is 2. The average Bonchev–Trinajstić information content (AvgIpc) is 3.44. The number of hydrogen-bond donors (Lipinski definition) is 3. The molecule has 1 spiro atoms. The molecule has 7 nitrogen and oxygen atoms in total. The lowest BCUT2D eigenvalue weighted by Gasteiger charge is -2.61. The van der Waals surface area contributed by atoms with E-state index in [-0.39, 0.29) is 30.0 Å². The number of hydrogen-bond acceptors (Lipinski definition) is 5. The van der Waals surface area contributed by atoms with Gasteiger partial charge in [0.05, 0.1) is 18.3 Å². The SMILES string of the molecule is C[C@@H]1CC[C@@]2(NC1)O[C@H]1C[C@H]3[C@@H]4CC[C@H]5C[C@H](NC(=O)CC(=O)NCc6ccccn6)CC[C@]5(C)[C@H]4CC[C@]3(C)[C@H]1[C@@H]2C. The monoisotopic (exact) mass is 590 g/mol. The van der Waals surface area contributed by atoms with Gasteiger partial charge in [-0.3, -0.25) is 19.9 Å². The van der Waals surface area contributed by atoms with Crippen LogP contribution in [0.25, 0.3) is 0 Å². The second kappa shape index (κ2) is 11.1. The van der Waals surface area contributed by atoms with E-state index in [0.29, 0.717) is 41.2 Å². The summed E-state index contributed by atoms with van der Waals surface area (Å²) in [4.78, 5) is 29.4. The number of nitrogens with one attached hydrogen (secondary N) is 3. The van der Waals surface area contributed by atoms with Gasteiger partial charge in [0.25, 0.3) is 0 Å². The van der Waals surface area contributed by atoms with E-state index in [0.717, 1.165) is 48.8 Å². The lowest BCUT2D eigenvalue weighted by atomic mass is 9.44. The highest BCUT2D eigenvalue weighted by Crippen LogP contribution is 2.71. The van der Waals surface area contributed by atoms with Crippen LogP contribution in [0.5, 0.6) is 0 Å². The number of pyridine rings is 1. The topological polar surface area (TPSA) is 92.4 Å². The smallest absolute Gasteiger partial charge is 0.229 e. The fraction of sp³-hybridized carbons (Fsp3) is 0.806. The molecule has 0 bridgehead atoms. The molecule has 1 aromatic heterocycles. The molecule has 4 saturated carbocycles. The fourth-order valence-electron chi connectivity index (χ4n) is 11.8. The maximum Gasteiger partial charge on any atom is 0.229 e. The van der Waals surface area contributed by atoms with E-state index >= 15 is 0 Å². The maximum absolute atomic E-state index is 12.8. The molecule has 12 atom stereocenters. The number of rotatable bonds is 5. The van der Waals surface area contributed by atoms with E-state index in [2.05, 4.69) is 48.6 Å². The van der Waals surface area contributed by atoms with Crippen LogP contribution in [-0.4, -0.2) is 41.2 Å². The lowest BCUT2D eigenvalue weighted by molar-refractivity contribution is -0.137. The van der Waals surface area contributed by atoms with Gasteiger partial charge in [-0.25, -0.2) is 0 Å². The first-order valence-corrected chi connectivity index (χ1v) is 17.5. The van der Waals surface area contributed by atoms with Gasteiger partial charge in [0, 0.05) is 24.7 Å². The number of fused-ring (bicyclic) bond motifs is 7. The van der Waals surface area contributed by atoms with Crippen LogP contribution in [0.1, 0.15) is 104 Å². The standard InChI is InChI=1S/C36H54N4O3/c1-22-10-15-36(39-20-22)23(2)33-30(43-36)18-29-27-9-8-24-17-25(11-13-34(24,3)28(27)12-14-35(29,33)4)40-32(42)19-31(41)38-21-26-7-5-6-16-37-26/h5-7,16,22-25,27-30,33,39H,8-15,17-21H2,1-4H3,(H,38,41)(H,40,42)/t22-,23+,24+,25-,27-,28+,29+,30+,33+,34+,35+,36-/m1/s1. The molecule has 0 aromatic carbocycles. The van der Waals surface area contributed by atoms with Crippen molar-refractivity contribution in [3.05, 3.63) is 30.1 Å². The van der Waals surface area contributed by atoms with Crippen LogP contribution in [0.4, 0.5) is 0 Å². The van der Waals surface area contributed by atoms with Gasteiger partial charge in [0.15, 0.2) is 0 Å². The Balaban J connectivity index is 0.952. The van der Waals surface area contributed by atoms with Crippen molar-refractivity contribution in [1.82, 2.24) is 20.9 Å². The third kappa shape index (κ3) is 5.05. The zero-order valence-corrected chi connectivity index (χ0v) is 26.9. The molecule has 2 amide bonds. The van der Waals surface area contributed by atoms with E-state index in [1.807, 2.05) is 18.2 Å². The van der Waals surface area contributed by atoms with Gasteiger partial charge in [0.2, 0.25) is 11.8 Å². The van der Waals surface area contributed by atoms with Gasteiger partial charge < -0.3 is 15.4 Å². The number of piperidine rings is 1. The number of aromatic nitrogens is 1.